The molecule has 7 rings (SSSR count). The number of hydrogen-bond acceptors (Lipinski definition) is 1. The molecule has 0 N–H and O–H groups in total. The minimum absolute atomic E-state index is 0.224. The van der Waals surface area contributed by atoms with Crippen LogP contribution in [0.1, 0.15) is 40.5 Å². The predicted octanol–water partition coefficient (Wildman–Crippen LogP) is 14.0. The molecule has 0 radical (unpaired) electrons. The van der Waals surface area contributed by atoms with Crippen molar-refractivity contribution in [3.8, 4) is 33.6 Å². The molecule has 1 nitrogen and oxygen atoms in total. The van der Waals surface area contributed by atoms with E-state index >= 15 is 0 Å². The summed E-state index contributed by atoms with van der Waals surface area (Å²) in [6.07, 6.45) is 1.10. The molecule has 7 aromatic rings. The molecule has 0 bridgehead atoms. The minimum atomic E-state index is -1.65. The van der Waals surface area contributed by atoms with Crippen molar-refractivity contribution in [2.24, 2.45) is 0 Å². The Hall–Kier alpha value is -2.94. The molecule has 1 aromatic heterocycles. The van der Waals surface area contributed by atoms with Gasteiger partial charge in [0, 0.05) is 0 Å². The Labute approximate surface area is 301 Å². The first-order valence-corrected chi connectivity index (χ1v) is 29.1. The first kappa shape index (κ1) is 36.3. The molecule has 0 unspecified atom stereocenters. The number of fused-ring (bicyclic) bond motifs is 2. The monoisotopic (exact) mass is 764 g/mol. The summed E-state index contributed by atoms with van der Waals surface area (Å²) in [6, 6.07) is 39.2. The van der Waals surface area contributed by atoms with Crippen LogP contribution in [0.2, 0.25) is 13.1 Å². The molecule has 0 saturated carbocycles. The zero-order valence-corrected chi connectivity index (χ0v) is 34.2. The van der Waals surface area contributed by atoms with E-state index < -0.39 is 18.0 Å². The summed E-state index contributed by atoms with van der Waals surface area (Å²) in [7, 11) is 11.2. The molecule has 0 aliphatic carbocycles. The van der Waals surface area contributed by atoms with Gasteiger partial charge in [0.25, 0.3) is 0 Å². The van der Waals surface area contributed by atoms with Crippen LogP contribution < -0.4 is 0 Å². The van der Waals surface area contributed by atoms with E-state index in [2.05, 4.69) is 145 Å². The van der Waals surface area contributed by atoms with E-state index in [4.69, 9.17) is 21.4 Å². The van der Waals surface area contributed by atoms with E-state index in [0.29, 0.717) is 0 Å². The second kappa shape index (κ2) is 16.2. The van der Waals surface area contributed by atoms with E-state index in [9.17, 15) is 0 Å². The quantitative estimate of drug-likeness (QED) is 0.128. The number of benzene rings is 4. The Morgan fingerprint density at radius 1 is 0.646 bits per heavy atom. The number of rotatable bonds is 4. The molecule has 48 heavy (non-hydrogen) atoms. The summed E-state index contributed by atoms with van der Waals surface area (Å²) in [5.41, 5.74) is 13.1. The minimum Gasteiger partial charge on any atom is -0.496 e. The molecule has 0 fully saturated rings. The van der Waals surface area contributed by atoms with Crippen molar-refractivity contribution in [3.63, 3.8) is 0 Å². The van der Waals surface area contributed by atoms with E-state index in [1.807, 2.05) is 19.1 Å². The van der Waals surface area contributed by atoms with Gasteiger partial charge in [-0.25, -0.2) is 0 Å². The molecule has 0 amide bonds. The zero-order chi connectivity index (χ0) is 34.5. The summed E-state index contributed by atoms with van der Waals surface area (Å²) in [5.74, 6) is 1.88. The average Bonchev–Trinajstić information content (AvgIpc) is 3.81. The third-order valence-corrected chi connectivity index (χ3v) is 28.8. The van der Waals surface area contributed by atoms with Gasteiger partial charge in [0.1, 0.15) is 0 Å². The number of halogens is 2. The van der Waals surface area contributed by atoms with Gasteiger partial charge in [-0.1, -0.05) is 101 Å². The summed E-state index contributed by atoms with van der Waals surface area (Å²) >= 11 is -1.65. The number of hydrogen-bond donors (Lipinski definition) is 0. The Balaban J connectivity index is 0.000000163. The third-order valence-electron chi connectivity index (χ3n) is 9.06. The molecule has 5 heteroatoms. The molecule has 6 aromatic carbocycles. The van der Waals surface area contributed by atoms with Gasteiger partial charge in [-0.3, -0.25) is 0 Å². The van der Waals surface area contributed by atoms with Gasteiger partial charge in [0.05, 0.1) is 11.5 Å². The van der Waals surface area contributed by atoms with Crippen molar-refractivity contribution in [2.45, 2.75) is 61.1 Å². The summed E-state index contributed by atoms with van der Waals surface area (Å²) in [4.78, 5) is 0. The van der Waals surface area contributed by atoms with Gasteiger partial charge >= 0.3 is 53.5 Å². The van der Waals surface area contributed by atoms with Crippen LogP contribution in [0.15, 0.2) is 114 Å². The second-order valence-corrected chi connectivity index (χ2v) is 35.7. The topological polar surface area (TPSA) is 13.1 Å². The van der Waals surface area contributed by atoms with Gasteiger partial charge in [0.2, 0.25) is 0 Å². The zero-order valence-electron chi connectivity index (χ0n) is 29.3. The van der Waals surface area contributed by atoms with Crippen LogP contribution in [-0.2, 0) is 24.4 Å². The Bertz CT molecular complexity index is 2180. The standard InChI is InChI=1S/C22H19O.C19H19.C2H6Si.2ClH.Zr/c1-14-11-18-12-19(21-10-9-15(2)23-21)13-20(18)22(16(14)3)17-7-5-4-6-8-17;1-4-15-11-17-10-13(2)14(3)19(18(17)12-15)16-8-6-5-7-9-16;1-3-2;;;/h4-13H,1-3H3;5-12H,4H2,1-3H3;1-2H3;2*1H;/q2*-1;;;;+2/p-2. The van der Waals surface area contributed by atoms with E-state index in [-0.39, 0.29) is 5.43 Å². The van der Waals surface area contributed by atoms with E-state index in [0.717, 1.165) is 23.5 Å². The molecule has 0 atom stereocenters. The van der Waals surface area contributed by atoms with Crippen molar-refractivity contribution in [2.75, 3.05) is 0 Å². The molecule has 0 aliphatic heterocycles. The number of furan rings is 1. The molecule has 0 saturated heterocycles. The SMILES string of the molecule is CCc1cc2c(-c3ccccc3)c(C)c(C)cc2[cH-]1.C[Si](C)=[Zr]([Cl])[Cl].Cc1ccc(-c2cc3c(-c4ccccc4)c(C)c(C)cc3[cH-]2)o1. The second-order valence-electron chi connectivity index (χ2n) is 12.8. The Kier molecular flexibility index (Phi) is 12.2. The summed E-state index contributed by atoms with van der Waals surface area (Å²) < 4.78 is 5.81. The van der Waals surface area contributed by atoms with Crippen LogP contribution in [0.4, 0.5) is 0 Å². The van der Waals surface area contributed by atoms with E-state index in [1.165, 1.54) is 71.6 Å². The maximum atomic E-state index is 5.81. The Morgan fingerprint density at radius 2 is 1.12 bits per heavy atom. The molecular weight excluding hydrogens is 723 g/mol. The van der Waals surface area contributed by atoms with Crippen LogP contribution >= 0.6 is 17.0 Å². The predicted molar refractivity (Wildman–Crippen MR) is 210 cm³/mol. The van der Waals surface area contributed by atoms with Crippen LogP contribution in [0.3, 0.4) is 0 Å². The van der Waals surface area contributed by atoms with Gasteiger partial charge in [-0.05, 0) is 69.9 Å². The van der Waals surface area contributed by atoms with Crippen molar-refractivity contribution in [1.82, 2.24) is 0 Å². The maximum Gasteiger partial charge on any atom is 0.0896 e. The van der Waals surface area contributed by atoms with Gasteiger partial charge in [-0.15, -0.1) is 57.4 Å². The van der Waals surface area contributed by atoms with Crippen LogP contribution in [0, 0.1) is 34.6 Å². The van der Waals surface area contributed by atoms with Crippen LogP contribution in [0.25, 0.3) is 55.1 Å². The van der Waals surface area contributed by atoms with Crippen molar-refractivity contribution >= 4 is 44.0 Å². The van der Waals surface area contributed by atoms with Crippen LogP contribution in [0.5, 0.6) is 0 Å². The molecule has 1 heterocycles. The first-order chi connectivity index (χ1) is 23.0. The average molecular weight is 767 g/mol. The van der Waals surface area contributed by atoms with Crippen LogP contribution in [-0.4, -0.2) is 5.43 Å². The molecule has 0 spiro atoms. The Morgan fingerprint density at radius 3 is 1.56 bits per heavy atom. The molecule has 0 aliphatic rings. The molecular formula is C43H44Cl2OSiZr-2. The summed E-state index contributed by atoms with van der Waals surface area (Å²) in [5, 5.41) is 5.34. The fraction of sp³-hybridized carbons (Fsp3) is 0.209. The fourth-order valence-electron chi connectivity index (χ4n) is 6.16. The third kappa shape index (κ3) is 8.26. The summed E-state index contributed by atoms with van der Waals surface area (Å²) in [6.45, 7) is 17.4. The van der Waals surface area contributed by atoms with Gasteiger partial charge in [-0.2, -0.15) is 6.07 Å². The first-order valence-electron chi connectivity index (χ1n) is 16.5. The van der Waals surface area contributed by atoms with Crippen molar-refractivity contribution in [1.29, 1.82) is 0 Å². The molecule has 246 valence electrons. The largest absolute Gasteiger partial charge is 0.496 e. The van der Waals surface area contributed by atoms with Gasteiger partial charge < -0.3 is 4.42 Å². The normalized spacial score (nSPS) is 10.8. The van der Waals surface area contributed by atoms with Gasteiger partial charge in [0.15, 0.2) is 0 Å². The van der Waals surface area contributed by atoms with Crippen molar-refractivity contribution in [3.05, 3.63) is 143 Å². The smallest absolute Gasteiger partial charge is 0.0896 e. The maximum absolute atomic E-state index is 5.81. The number of aryl methyl sites for hydroxylation is 4. The fourth-order valence-corrected chi connectivity index (χ4v) is 6.16. The van der Waals surface area contributed by atoms with Crippen molar-refractivity contribution < 1.29 is 22.4 Å². The van der Waals surface area contributed by atoms with E-state index in [1.54, 1.807) is 0 Å².